The molecule has 3 N–H and O–H groups in total. The van der Waals surface area contributed by atoms with Gasteiger partial charge in [0.2, 0.25) is 0 Å². The van der Waals surface area contributed by atoms with Gasteiger partial charge in [0, 0.05) is 12.1 Å². The van der Waals surface area contributed by atoms with Crippen molar-refractivity contribution < 1.29 is 19.4 Å². The fraction of sp³-hybridized carbons (Fsp3) is 0.240. The van der Waals surface area contributed by atoms with Crippen molar-refractivity contribution in [3.63, 3.8) is 0 Å². The molecule has 1 aliphatic rings. The number of aliphatic hydroxyl groups is 1. The number of carbonyl (C=O) groups is 1. The molecule has 3 aromatic carbocycles. The van der Waals surface area contributed by atoms with E-state index in [0.29, 0.717) is 25.3 Å². The van der Waals surface area contributed by atoms with Crippen LogP contribution in [0, 0.1) is 0 Å². The number of nitrogens with one attached hydrogen (secondary N) is 2. The molecule has 0 unspecified atom stereocenters. The number of methoxy groups -OCH3 is 1. The van der Waals surface area contributed by atoms with E-state index in [1.54, 1.807) is 7.11 Å². The second kappa shape index (κ2) is 9.64. The highest BCUT2D eigenvalue weighted by atomic mass is 16.5. The maximum Gasteiger partial charge on any atom is 0.319 e. The van der Waals surface area contributed by atoms with Gasteiger partial charge in [-0.2, -0.15) is 0 Å². The van der Waals surface area contributed by atoms with E-state index in [9.17, 15) is 9.90 Å². The molecule has 6 heteroatoms. The number of amides is 2. The Morgan fingerprint density at radius 3 is 2.58 bits per heavy atom. The van der Waals surface area contributed by atoms with Crippen molar-refractivity contribution in [2.45, 2.75) is 31.8 Å². The van der Waals surface area contributed by atoms with Crippen LogP contribution in [0.25, 0.3) is 0 Å². The molecule has 0 spiro atoms. The van der Waals surface area contributed by atoms with Crippen LogP contribution in [-0.2, 0) is 24.4 Å². The van der Waals surface area contributed by atoms with Gasteiger partial charge < -0.3 is 25.2 Å². The Morgan fingerprint density at radius 1 is 1.00 bits per heavy atom. The number of hydrogen-bond acceptors (Lipinski definition) is 4. The van der Waals surface area contributed by atoms with Crippen molar-refractivity contribution >= 4 is 11.7 Å². The zero-order valence-corrected chi connectivity index (χ0v) is 17.4. The molecule has 6 nitrogen and oxygen atoms in total. The van der Waals surface area contributed by atoms with E-state index in [2.05, 4.69) is 10.6 Å². The third kappa shape index (κ3) is 5.23. The third-order valence-electron chi connectivity index (χ3n) is 5.37. The number of anilines is 1. The Kier molecular flexibility index (Phi) is 6.50. The maximum absolute atomic E-state index is 12.5. The van der Waals surface area contributed by atoms with Crippen LogP contribution in [0.1, 0.15) is 28.3 Å². The number of ether oxygens (including phenoxy) is 2. The largest absolute Gasteiger partial charge is 0.497 e. The summed E-state index contributed by atoms with van der Waals surface area (Å²) >= 11 is 0. The summed E-state index contributed by atoms with van der Waals surface area (Å²) in [5.74, 6) is 0.814. The van der Waals surface area contributed by atoms with Crippen molar-refractivity contribution in [3.8, 4) is 5.75 Å². The monoisotopic (exact) mass is 418 g/mol. The highest BCUT2D eigenvalue weighted by Crippen LogP contribution is 2.31. The molecule has 0 bridgehead atoms. The molecule has 0 aromatic heterocycles. The minimum absolute atomic E-state index is 0.350. The first-order chi connectivity index (χ1) is 15.1. The lowest BCUT2D eigenvalue weighted by Gasteiger charge is -2.18. The standard InChI is InChI=1S/C25H26N2O4/c1-30-21-11-9-17(10-12-21)15-31-16-18-5-4-7-20(13-18)26-25(29)27-24-22-8-3-2-6-19(22)14-23(24)28/h2-13,23-24,28H,14-16H2,1H3,(H2,26,27,29)/t23-,24+/m0/s1. The molecule has 1 aliphatic carbocycles. The maximum atomic E-state index is 12.5. The number of urea groups is 1. The van der Waals surface area contributed by atoms with Crippen LogP contribution in [-0.4, -0.2) is 24.4 Å². The molecule has 2 amide bonds. The fourth-order valence-corrected chi connectivity index (χ4v) is 3.80. The van der Waals surface area contributed by atoms with Gasteiger partial charge >= 0.3 is 6.03 Å². The summed E-state index contributed by atoms with van der Waals surface area (Å²) in [4.78, 5) is 12.5. The highest BCUT2D eigenvalue weighted by molar-refractivity contribution is 5.89. The van der Waals surface area contributed by atoms with Crippen LogP contribution in [0.2, 0.25) is 0 Å². The van der Waals surface area contributed by atoms with E-state index in [4.69, 9.17) is 9.47 Å². The second-order valence-electron chi connectivity index (χ2n) is 7.59. The number of aliphatic hydroxyl groups excluding tert-OH is 1. The van der Waals surface area contributed by atoms with Crippen molar-refractivity contribution in [2.24, 2.45) is 0 Å². The summed E-state index contributed by atoms with van der Waals surface area (Å²) in [6.07, 6.45) is -0.0804. The molecule has 0 heterocycles. The third-order valence-corrected chi connectivity index (χ3v) is 5.37. The average Bonchev–Trinajstić information content (AvgIpc) is 3.09. The molecule has 0 fully saturated rings. The SMILES string of the molecule is COc1ccc(COCc2cccc(NC(=O)N[C@@H]3c4ccccc4C[C@@H]3O)c2)cc1. The zero-order chi connectivity index (χ0) is 21.6. The summed E-state index contributed by atoms with van der Waals surface area (Å²) in [5, 5.41) is 16.1. The lowest BCUT2D eigenvalue weighted by Crippen LogP contribution is -2.36. The van der Waals surface area contributed by atoms with Crippen LogP contribution in [0.5, 0.6) is 5.75 Å². The lowest BCUT2D eigenvalue weighted by molar-refractivity contribution is 0.107. The first kappa shape index (κ1) is 20.9. The molecule has 2 atom stereocenters. The molecule has 0 radical (unpaired) electrons. The Labute approximate surface area is 181 Å². The van der Waals surface area contributed by atoms with E-state index in [-0.39, 0.29) is 6.03 Å². The number of carbonyl (C=O) groups excluding carboxylic acids is 1. The normalized spacial score (nSPS) is 17.1. The van der Waals surface area contributed by atoms with Gasteiger partial charge in [-0.25, -0.2) is 4.79 Å². The Morgan fingerprint density at radius 2 is 1.77 bits per heavy atom. The van der Waals surface area contributed by atoms with Gasteiger partial charge in [0.05, 0.1) is 32.5 Å². The molecular formula is C25H26N2O4. The van der Waals surface area contributed by atoms with Gasteiger partial charge in [-0.15, -0.1) is 0 Å². The first-order valence-corrected chi connectivity index (χ1v) is 10.3. The van der Waals surface area contributed by atoms with Crippen LogP contribution >= 0.6 is 0 Å². The number of rotatable bonds is 7. The van der Waals surface area contributed by atoms with Crippen molar-refractivity contribution in [1.29, 1.82) is 0 Å². The van der Waals surface area contributed by atoms with Gasteiger partial charge in [0.15, 0.2) is 0 Å². The average molecular weight is 418 g/mol. The summed E-state index contributed by atoms with van der Waals surface area (Å²) < 4.78 is 11.0. The predicted octanol–water partition coefficient (Wildman–Crippen LogP) is 4.19. The summed E-state index contributed by atoms with van der Waals surface area (Å²) in [7, 11) is 1.64. The molecule has 0 saturated carbocycles. The van der Waals surface area contributed by atoms with Crippen LogP contribution in [0.4, 0.5) is 10.5 Å². The van der Waals surface area contributed by atoms with E-state index >= 15 is 0 Å². The van der Waals surface area contributed by atoms with Gasteiger partial charge in [-0.05, 0) is 46.5 Å². The number of hydrogen-bond donors (Lipinski definition) is 3. The quantitative estimate of drug-likeness (QED) is 0.538. The summed E-state index contributed by atoms with van der Waals surface area (Å²) in [5.41, 5.74) is 4.72. The Hall–Kier alpha value is -3.35. The minimum atomic E-state index is -0.624. The molecule has 31 heavy (non-hydrogen) atoms. The van der Waals surface area contributed by atoms with Crippen LogP contribution in [0.15, 0.2) is 72.8 Å². The zero-order valence-electron chi connectivity index (χ0n) is 17.4. The van der Waals surface area contributed by atoms with E-state index in [1.807, 2.05) is 72.8 Å². The van der Waals surface area contributed by atoms with Gasteiger partial charge in [0.1, 0.15) is 5.75 Å². The predicted molar refractivity (Wildman–Crippen MR) is 119 cm³/mol. The molecule has 4 rings (SSSR count). The Bertz CT molecular complexity index is 1040. The number of fused-ring (bicyclic) bond motifs is 1. The van der Waals surface area contributed by atoms with Crippen LogP contribution < -0.4 is 15.4 Å². The second-order valence-corrected chi connectivity index (χ2v) is 7.59. The molecule has 0 aliphatic heterocycles. The summed E-state index contributed by atoms with van der Waals surface area (Å²) in [6.45, 7) is 0.916. The lowest BCUT2D eigenvalue weighted by atomic mass is 10.1. The smallest absolute Gasteiger partial charge is 0.319 e. The minimum Gasteiger partial charge on any atom is -0.497 e. The van der Waals surface area contributed by atoms with Crippen molar-refractivity contribution in [2.75, 3.05) is 12.4 Å². The van der Waals surface area contributed by atoms with Gasteiger partial charge in [-0.3, -0.25) is 0 Å². The molecule has 0 saturated heterocycles. The molecule has 3 aromatic rings. The highest BCUT2D eigenvalue weighted by Gasteiger charge is 2.31. The molecular weight excluding hydrogens is 392 g/mol. The van der Waals surface area contributed by atoms with E-state index in [1.165, 1.54) is 0 Å². The van der Waals surface area contributed by atoms with Crippen molar-refractivity contribution in [3.05, 3.63) is 95.1 Å². The van der Waals surface area contributed by atoms with Gasteiger partial charge in [-0.1, -0.05) is 48.5 Å². The fourth-order valence-electron chi connectivity index (χ4n) is 3.80. The molecule has 160 valence electrons. The first-order valence-electron chi connectivity index (χ1n) is 10.3. The Balaban J connectivity index is 1.30. The van der Waals surface area contributed by atoms with Crippen molar-refractivity contribution in [1.82, 2.24) is 5.32 Å². The van der Waals surface area contributed by atoms with Gasteiger partial charge in [0.25, 0.3) is 0 Å². The summed E-state index contributed by atoms with van der Waals surface area (Å²) in [6, 6.07) is 22.3. The number of benzene rings is 3. The topological polar surface area (TPSA) is 79.8 Å². The van der Waals surface area contributed by atoms with E-state index < -0.39 is 12.1 Å². The van der Waals surface area contributed by atoms with E-state index in [0.717, 1.165) is 28.0 Å². The van der Waals surface area contributed by atoms with Crippen LogP contribution in [0.3, 0.4) is 0 Å².